The highest BCUT2D eigenvalue weighted by molar-refractivity contribution is 7.89. The molecule has 8 heteroatoms. The Morgan fingerprint density at radius 1 is 1.36 bits per heavy atom. The van der Waals surface area contributed by atoms with Crippen LogP contribution in [-0.2, 0) is 26.0 Å². The van der Waals surface area contributed by atoms with Gasteiger partial charge in [0, 0.05) is 37.7 Å². The molecule has 1 aromatic rings. The molecule has 1 heterocycles. The van der Waals surface area contributed by atoms with E-state index < -0.39 is 10.0 Å². The van der Waals surface area contributed by atoms with Gasteiger partial charge < -0.3 is 10.1 Å². The summed E-state index contributed by atoms with van der Waals surface area (Å²) in [6.45, 7) is 1.51. The number of hydrogen-bond donors (Lipinski definition) is 1. The molecular formula is C17H25ClN2O4S. The molecule has 0 spiro atoms. The molecule has 0 saturated carbocycles. The topological polar surface area (TPSA) is 75.7 Å². The molecule has 0 atom stereocenters. The van der Waals surface area contributed by atoms with Crippen molar-refractivity contribution < 1.29 is 17.9 Å². The van der Waals surface area contributed by atoms with Crippen molar-refractivity contribution >= 4 is 27.5 Å². The summed E-state index contributed by atoms with van der Waals surface area (Å²) in [6, 6.07) is 7.57. The van der Waals surface area contributed by atoms with E-state index in [1.165, 1.54) is 11.4 Å². The summed E-state index contributed by atoms with van der Waals surface area (Å²) in [7, 11) is -1.81. The molecule has 1 fully saturated rings. The van der Waals surface area contributed by atoms with Crippen LogP contribution in [0.3, 0.4) is 0 Å². The molecule has 0 aromatic heterocycles. The van der Waals surface area contributed by atoms with E-state index in [1.54, 1.807) is 0 Å². The van der Waals surface area contributed by atoms with Crippen LogP contribution < -0.4 is 5.32 Å². The second-order valence-corrected chi connectivity index (χ2v) is 8.68. The highest BCUT2D eigenvalue weighted by Gasteiger charge is 2.30. The second kappa shape index (κ2) is 9.52. The Labute approximate surface area is 154 Å². The fraction of sp³-hybridized carbons (Fsp3) is 0.588. The zero-order valence-corrected chi connectivity index (χ0v) is 16.0. The first-order valence-electron chi connectivity index (χ1n) is 8.41. The van der Waals surface area contributed by atoms with E-state index in [-0.39, 0.29) is 24.2 Å². The van der Waals surface area contributed by atoms with Gasteiger partial charge >= 0.3 is 0 Å². The summed E-state index contributed by atoms with van der Waals surface area (Å²) in [4.78, 5) is 12.3. The van der Waals surface area contributed by atoms with Crippen LogP contribution in [0.1, 0.15) is 18.4 Å². The van der Waals surface area contributed by atoms with E-state index in [4.69, 9.17) is 16.3 Å². The van der Waals surface area contributed by atoms with E-state index in [0.717, 1.165) is 12.0 Å². The van der Waals surface area contributed by atoms with Crippen LogP contribution in [0.4, 0.5) is 0 Å². The second-order valence-electron chi connectivity index (χ2n) is 6.15. The summed E-state index contributed by atoms with van der Waals surface area (Å²) in [5.41, 5.74) is 1.08. The van der Waals surface area contributed by atoms with Crippen LogP contribution in [0.5, 0.6) is 0 Å². The zero-order chi connectivity index (χ0) is 18.3. The van der Waals surface area contributed by atoms with E-state index >= 15 is 0 Å². The average Bonchev–Trinajstić information content (AvgIpc) is 2.60. The van der Waals surface area contributed by atoms with Crippen molar-refractivity contribution in [3.8, 4) is 0 Å². The molecule has 1 aliphatic rings. The van der Waals surface area contributed by atoms with Gasteiger partial charge in [-0.05, 0) is 37.0 Å². The molecule has 1 saturated heterocycles. The fourth-order valence-corrected chi connectivity index (χ4v) is 4.50. The highest BCUT2D eigenvalue weighted by Crippen LogP contribution is 2.20. The van der Waals surface area contributed by atoms with Crippen molar-refractivity contribution in [2.45, 2.75) is 19.3 Å². The predicted octanol–water partition coefficient (Wildman–Crippen LogP) is 1.69. The molecule has 1 aromatic carbocycles. The van der Waals surface area contributed by atoms with E-state index in [9.17, 15) is 13.2 Å². The lowest BCUT2D eigenvalue weighted by Crippen LogP contribution is -2.44. The molecule has 1 amide bonds. The number of amides is 1. The Bertz CT molecular complexity index is 673. The number of benzene rings is 1. The summed E-state index contributed by atoms with van der Waals surface area (Å²) < 4.78 is 30.5. The minimum Gasteiger partial charge on any atom is -0.384 e. The van der Waals surface area contributed by atoms with Crippen molar-refractivity contribution in [1.82, 2.24) is 9.62 Å². The Morgan fingerprint density at radius 2 is 2.08 bits per heavy atom. The van der Waals surface area contributed by atoms with Gasteiger partial charge in [-0.25, -0.2) is 12.7 Å². The molecule has 25 heavy (non-hydrogen) atoms. The number of sulfonamides is 1. The highest BCUT2D eigenvalue weighted by atomic mass is 35.5. The maximum Gasteiger partial charge on any atom is 0.223 e. The number of piperidine rings is 1. The minimum absolute atomic E-state index is 0.00373. The average molecular weight is 389 g/mol. The predicted molar refractivity (Wildman–Crippen MR) is 98.1 cm³/mol. The first-order chi connectivity index (χ1) is 11.9. The van der Waals surface area contributed by atoms with Crippen LogP contribution in [0, 0.1) is 5.92 Å². The summed E-state index contributed by atoms with van der Waals surface area (Å²) in [5.74, 6) is -0.149. The molecular weight excluding hydrogens is 364 g/mol. The van der Waals surface area contributed by atoms with Gasteiger partial charge in [0.2, 0.25) is 15.9 Å². The number of rotatable bonds is 8. The Balaban J connectivity index is 1.74. The minimum atomic E-state index is -3.29. The standard InChI is InChI=1S/C17H25ClN2O4S/c1-24-11-12-25(22,23)20-9-6-15(7-10-20)17(21)19-8-5-14-3-2-4-16(18)13-14/h2-4,13,15H,5-12H2,1H3,(H,19,21). The van der Waals surface area contributed by atoms with E-state index in [2.05, 4.69) is 5.32 Å². The molecule has 0 bridgehead atoms. The maximum atomic E-state index is 12.3. The largest absolute Gasteiger partial charge is 0.384 e. The lowest BCUT2D eigenvalue weighted by atomic mass is 9.97. The fourth-order valence-electron chi connectivity index (χ4n) is 2.88. The molecule has 6 nitrogen and oxygen atoms in total. The third kappa shape index (κ3) is 6.26. The van der Waals surface area contributed by atoms with Crippen LogP contribution >= 0.6 is 11.6 Å². The maximum absolute atomic E-state index is 12.3. The van der Waals surface area contributed by atoms with Crippen molar-refractivity contribution in [2.24, 2.45) is 5.92 Å². The summed E-state index contributed by atoms with van der Waals surface area (Å²) in [6.07, 6.45) is 1.82. The van der Waals surface area contributed by atoms with Gasteiger partial charge in [-0.3, -0.25) is 4.79 Å². The number of halogens is 1. The van der Waals surface area contributed by atoms with Crippen molar-refractivity contribution in [3.05, 3.63) is 34.9 Å². The lowest BCUT2D eigenvalue weighted by molar-refractivity contribution is -0.126. The summed E-state index contributed by atoms with van der Waals surface area (Å²) in [5, 5.41) is 3.62. The SMILES string of the molecule is COCCS(=O)(=O)N1CCC(C(=O)NCCc2cccc(Cl)c2)CC1. The third-order valence-electron chi connectivity index (χ3n) is 4.37. The van der Waals surface area contributed by atoms with Gasteiger partial charge in [-0.15, -0.1) is 0 Å². The van der Waals surface area contributed by atoms with Crippen LogP contribution in [0.15, 0.2) is 24.3 Å². The molecule has 0 radical (unpaired) electrons. The number of nitrogens with zero attached hydrogens (tertiary/aromatic N) is 1. The Hall–Kier alpha value is -1.15. The van der Waals surface area contributed by atoms with Gasteiger partial charge in [0.05, 0.1) is 12.4 Å². The number of hydrogen-bond acceptors (Lipinski definition) is 4. The van der Waals surface area contributed by atoms with Crippen LogP contribution in [0.25, 0.3) is 0 Å². The number of carbonyl (C=O) groups is 1. The first-order valence-corrected chi connectivity index (χ1v) is 10.4. The summed E-state index contributed by atoms with van der Waals surface area (Å²) >= 11 is 5.94. The van der Waals surface area contributed by atoms with Crippen LogP contribution in [0.2, 0.25) is 5.02 Å². The van der Waals surface area contributed by atoms with Gasteiger partial charge in [-0.1, -0.05) is 23.7 Å². The number of methoxy groups -OCH3 is 1. The smallest absolute Gasteiger partial charge is 0.223 e. The number of carbonyl (C=O) groups excluding carboxylic acids is 1. The third-order valence-corrected chi connectivity index (χ3v) is 6.44. The Kier molecular flexibility index (Phi) is 7.68. The lowest BCUT2D eigenvalue weighted by Gasteiger charge is -2.30. The van der Waals surface area contributed by atoms with Crippen molar-refractivity contribution in [1.29, 1.82) is 0 Å². The number of ether oxygens (including phenoxy) is 1. The zero-order valence-electron chi connectivity index (χ0n) is 14.4. The first kappa shape index (κ1) is 20.2. The quantitative estimate of drug-likeness (QED) is 0.735. The van der Waals surface area contributed by atoms with Crippen LogP contribution in [-0.4, -0.2) is 57.7 Å². The molecule has 140 valence electrons. The normalized spacial score (nSPS) is 16.7. The van der Waals surface area contributed by atoms with Gasteiger partial charge in [0.15, 0.2) is 0 Å². The molecule has 0 aliphatic carbocycles. The monoisotopic (exact) mass is 388 g/mol. The van der Waals surface area contributed by atoms with Gasteiger partial charge in [-0.2, -0.15) is 0 Å². The van der Waals surface area contributed by atoms with E-state index in [0.29, 0.717) is 37.5 Å². The van der Waals surface area contributed by atoms with Gasteiger partial charge in [0.1, 0.15) is 0 Å². The van der Waals surface area contributed by atoms with Crippen molar-refractivity contribution in [3.63, 3.8) is 0 Å². The van der Waals surface area contributed by atoms with Gasteiger partial charge in [0.25, 0.3) is 0 Å². The number of nitrogens with one attached hydrogen (secondary N) is 1. The van der Waals surface area contributed by atoms with Crippen molar-refractivity contribution in [2.75, 3.05) is 39.1 Å². The molecule has 1 N–H and O–H groups in total. The Morgan fingerprint density at radius 3 is 2.72 bits per heavy atom. The molecule has 0 unspecified atom stereocenters. The van der Waals surface area contributed by atoms with E-state index in [1.807, 2.05) is 24.3 Å². The molecule has 2 rings (SSSR count). The molecule has 1 aliphatic heterocycles.